The van der Waals surface area contributed by atoms with E-state index in [4.69, 9.17) is 0 Å². The van der Waals surface area contributed by atoms with Crippen LogP contribution in [-0.4, -0.2) is 40.6 Å². The Morgan fingerprint density at radius 3 is 3.19 bits per heavy atom. The third-order valence-corrected chi connectivity index (χ3v) is 2.87. The van der Waals surface area contributed by atoms with Crippen LogP contribution in [0.1, 0.15) is 25.1 Å². The molecule has 0 saturated carbocycles. The average Bonchev–Trinajstić information content (AvgIpc) is 2.73. The molecule has 0 aliphatic carbocycles. The zero-order chi connectivity index (χ0) is 11.4. The second-order valence-corrected chi connectivity index (χ2v) is 3.94. The summed E-state index contributed by atoms with van der Waals surface area (Å²) >= 11 is 0. The van der Waals surface area contributed by atoms with Gasteiger partial charge in [-0.3, -0.25) is 4.79 Å². The molecular weight excluding hydrogens is 208 g/mol. The highest BCUT2D eigenvalue weighted by molar-refractivity contribution is 5.82. The van der Waals surface area contributed by atoms with Crippen LogP contribution in [0.2, 0.25) is 0 Å². The normalized spacial score (nSPS) is 22.2. The Labute approximate surface area is 94.0 Å². The zero-order valence-electron chi connectivity index (χ0n) is 9.35. The predicted octanol–water partition coefficient (Wildman–Crippen LogP) is 0.170. The number of likely N-dealkylation sites (N-methyl/N-ethyl adjacent to an activating group) is 1. The molecule has 1 saturated heterocycles. The Morgan fingerprint density at radius 1 is 1.62 bits per heavy atom. The van der Waals surface area contributed by atoms with E-state index in [9.17, 15) is 4.79 Å². The number of carbonyl (C=O) groups is 1. The van der Waals surface area contributed by atoms with E-state index in [-0.39, 0.29) is 11.9 Å². The fourth-order valence-electron chi connectivity index (χ4n) is 1.96. The highest BCUT2D eigenvalue weighted by Crippen LogP contribution is 2.13. The number of nitrogens with one attached hydrogen (secondary N) is 1. The van der Waals surface area contributed by atoms with E-state index in [2.05, 4.69) is 20.0 Å². The second-order valence-electron chi connectivity index (χ2n) is 3.94. The number of aromatic nitrogens is 2. The first kappa shape index (κ1) is 11.1. The van der Waals surface area contributed by atoms with Crippen LogP contribution in [0.3, 0.4) is 0 Å². The van der Waals surface area contributed by atoms with Gasteiger partial charge in [0.1, 0.15) is 0 Å². The van der Waals surface area contributed by atoms with E-state index < -0.39 is 0 Å². The van der Waals surface area contributed by atoms with Crippen molar-refractivity contribution >= 4 is 5.91 Å². The Kier molecular flexibility index (Phi) is 3.51. The van der Waals surface area contributed by atoms with Crippen molar-refractivity contribution in [2.75, 3.05) is 13.6 Å². The van der Waals surface area contributed by atoms with E-state index in [0.717, 1.165) is 25.8 Å². The number of nitrogens with zero attached hydrogens (tertiary/aromatic N) is 3. The first-order chi connectivity index (χ1) is 7.81. The number of hydrogen-bond donors (Lipinski definition) is 1. The van der Waals surface area contributed by atoms with Crippen LogP contribution in [0.5, 0.6) is 0 Å². The second kappa shape index (κ2) is 5.07. The van der Waals surface area contributed by atoms with Crippen LogP contribution in [0, 0.1) is 0 Å². The molecule has 0 spiro atoms. The molecule has 1 N–H and O–H groups in total. The fraction of sp³-hybridized carbons (Fsp3) is 0.700. The minimum absolute atomic E-state index is 0.0746. The van der Waals surface area contributed by atoms with Crippen molar-refractivity contribution < 1.29 is 9.32 Å². The average molecular weight is 224 g/mol. The van der Waals surface area contributed by atoms with Crippen molar-refractivity contribution in [2.45, 2.75) is 31.8 Å². The third kappa shape index (κ3) is 2.38. The molecule has 88 valence electrons. The smallest absolute Gasteiger partial charge is 0.240 e. The number of rotatable bonds is 3. The Bertz CT molecular complexity index is 339. The lowest BCUT2D eigenvalue weighted by molar-refractivity contribution is -0.133. The SMILES string of the molecule is CNC1CCCCN(Cc2ncon2)C1=O. The Morgan fingerprint density at radius 2 is 2.50 bits per heavy atom. The summed E-state index contributed by atoms with van der Waals surface area (Å²) in [6.45, 7) is 1.21. The largest absolute Gasteiger partial charge is 0.343 e. The summed E-state index contributed by atoms with van der Waals surface area (Å²) in [6.07, 6.45) is 4.28. The van der Waals surface area contributed by atoms with Crippen LogP contribution < -0.4 is 5.32 Å². The van der Waals surface area contributed by atoms with Gasteiger partial charge in [-0.2, -0.15) is 4.98 Å². The fourth-order valence-corrected chi connectivity index (χ4v) is 1.96. The minimum atomic E-state index is -0.0746. The van der Waals surface area contributed by atoms with Crippen molar-refractivity contribution in [1.82, 2.24) is 20.4 Å². The van der Waals surface area contributed by atoms with E-state index in [1.807, 2.05) is 7.05 Å². The molecule has 1 aliphatic rings. The molecule has 1 aliphatic heterocycles. The lowest BCUT2D eigenvalue weighted by atomic mass is 10.1. The molecule has 0 radical (unpaired) electrons. The lowest BCUT2D eigenvalue weighted by Gasteiger charge is -2.22. The summed E-state index contributed by atoms with van der Waals surface area (Å²) in [5, 5.41) is 6.77. The van der Waals surface area contributed by atoms with Gasteiger partial charge in [0.25, 0.3) is 0 Å². The van der Waals surface area contributed by atoms with Crippen molar-refractivity contribution in [3.63, 3.8) is 0 Å². The summed E-state index contributed by atoms with van der Waals surface area (Å²) in [7, 11) is 1.82. The summed E-state index contributed by atoms with van der Waals surface area (Å²) in [5.41, 5.74) is 0. The molecule has 1 unspecified atom stereocenters. The molecule has 6 heteroatoms. The van der Waals surface area contributed by atoms with E-state index >= 15 is 0 Å². The summed E-state index contributed by atoms with van der Waals surface area (Å²) < 4.78 is 4.66. The Hall–Kier alpha value is -1.43. The van der Waals surface area contributed by atoms with Crippen LogP contribution in [-0.2, 0) is 11.3 Å². The monoisotopic (exact) mass is 224 g/mol. The van der Waals surface area contributed by atoms with Crippen molar-refractivity contribution in [1.29, 1.82) is 0 Å². The van der Waals surface area contributed by atoms with Crippen molar-refractivity contribution in [2.24, 2.45) is 0 Å². The maximum absolute atomic E-state index is 12.1. The molecule has 0 aromatic carbocycles. The highest BCUT2D eigenvalue weighted by atomic mass is 16.5. The molecule has 0 bridgehead atoms. The van der Waals surface area contributed by atoms with Gasteiger partial charge in [-0.15, -0.1) is 0 Å². The number of amides is 1. The van der Waals surface area contributed by atoms with Gasteiger partial charge in [0.05, 0.1) is 12.6 Å². The van der Waals surface area contributed by atoms with Gasteiger partial charge in [-0.05, 0) is 26.3 Å². The highest BCUT2D eigenvalue weighted by Gasteiger charge is 2.26. The quantitative estimate of drug-likeness (QED) is 0.792. The Balaban J connectivity index is 2.04. The van der Waals surface area contributed by atoms with Crippen LogP contribution in [0.4, 0.5) is 0 Å². The third-order valence-electron chi connectivity index (χ3n) is 2.87. The first-order valence-electron chi connectivity index (χ1n) is 5.52. The predicted molar refractivity (Wildman–Crippen MR) is 56.4 cm³/mol. The summed E-state index contributed by atoms with van der Waals surface area (Å²) in [6, 6.07) is -0.0746. The van der Waals surface area contributed by atoms with Gasteiger partial charge in [0, 0.05) is 6.54 Å². The molecular formula is C10H16N4O2. The van der Waals surface area contributed by atoms with Gasteiger partial charge in [-0.25, -0.2) is 0 Å². The first-order valence-corrected chi connectivity index (χ1v) is 5.52. The maximum Gasteiger partial charge on any atom is 0.240 e. The van der Waals surface area contributed by atoms with Gasteiger partial charge < -0.3 is 14.7 Å². The minimum Gasteiger partial charge on any atom is -0.343 e. The number of hydrogen-bond acceptors (Lipinski definition) is 5. The van der Waals surface area contributed by atoms with Crippen LogP contribution in [0.25, 0.3) is 0 Å². The molecule has 1 aromatic rings. The van der Waals surface area contributed by atoms with Crippen molar-refractivity contribution in [3.8, 4) is 0 Å². The van der Waals surface area contributed by atoms with E-state index in [1.165, 1.54) is 6.39 Å². The van der Waals surface area contributed by atoms with Gasteiger partial charge >= 0.3 is 0 Å². The molecule has 1 amide bonds. The standard InChI is InChI=1S/C10H16N4O2/c1-11-8-4-2-3-5-14(10(8)15)6-9-12-7-16-13-9/h7-8,11H,2-6H2,1H3. The van der Waals surface area contributed by atoms with Crippen LogP contribution in [0.15, 0.2) is 10.9 Å². The van der Waals surface area contributed by atoms with Crippen LogP contribution >= 0.6 is 0 Å². The topological polar surface area (TPSA) is 71.3 Å². The molecule has 1 aromatic heterocycles. The molecule has 6 nitrogen and oxygen atoms in total. The molecule has 2 heterocycles. The molecule has 2 rings (SSSR count). The number of carbonyl (C=O) groups excluding carboxylic acids is 1. The number of likely N-dealkylation sites (tertiary alicyclic amines) is 1. The van der Waals surface area contributed by atoms with Gasteiger partial charge in [0.2, 0.25) is 12.3 Å². The van der Waals surface area contributed by atoms with Gasteiger partial charge in [-0.1, -0.05) is 5.16 Å². The summed E-state index contributed by atoms with van der Waals surface area (Å²) in [5.74, 6) is 0.690. The van der Waals surface area contributed by atoms with Gasteiger partial charge in [0.15, 0.2) is 5.82 Å². The van der Waals surface area contributed by atoms with Crippen molar-refractivity contribution in [3.05, 3.63) is 12.2 Å². The molecule has 1 atom stereocenters. The van der Waals surface area contributed by atoms with E-state index in [1.54, 1.807) is 4.90 Å². The molecule has 1 fully saturated rings. The lowest BCUT2D eigenvalue weighted by Crippen LogP contribution is -2.43. The summed E-state index contributed by atoms with van der Waals surface area (Å²) in [4.78, 5) is 17.8. The maximum atomic E-state index is 12.1. The molecule has 16 heavy (non-hydrogen) atoms. The van der Waals surface area contributed by atoms with E-state index in [0.29, 0.717) is 12.4 Å². The zero-order valence-corrected chi connectivity index (χ0v) is 9.35.